The summed E-state index contributed by atoms with van der Waals surface area (Å²) in [7, 11) is -3.76. The lowest BCUT2D eigenvalue weighted by Gasteiger charge is -2.26. The second-order valence-corrected chi connectivity index (χ2v) is 8.81. The van der Waals surface area contributed by atoms with Gasteiger partial charge in [0.2, 0.25) is 10.0 Å². The minimum atomic E-state index is -3.76. The molecule has 1 aliphatic heterocycles. The number of sulfonamides is 1. The first-order valence-electron chi connectivity index (χ1n) is 8.87. The van der Waals surface area contributed by atoms with Gasteiger partial charge in [0.05, 0.1) is 22.2 Å². The van der Waals surface area contributed by atoms with Crippen LogP contribution in [0, 0.1) is 11.3 Å². The maximum atomic E-state index is 12.9. The third kappa shape index (κ3) is 4.53. The van der Waals surface area contributed by atoms with Crippen molar-refractivity contribution in [3.05, 3.63) is 64.2 Å². The maximum Gasteiger partial charge on any atom is 0.338 e. The minimum Gasteiger partial charge on any atom is -0.457 e. The number of nitrogens with zero attached hydrogens (tertiary/aromatic N) is 2. The van der Waals surface area contributed by atoms with Gasteiger partial charge < -0.3 is 4.74 Å². The molecule has 0 saturated carbocycles. The van der Waals surface area contributed by atoms with Gasteiger partial charge in [-0.1, -0.05) is 30.2 Å². The molecule has 2 aromatic rings. The van der Waals surface area contributed by atoms with Crippen LogP contribution in [0.1, 0.15) is 40.7 Å². The first-order valence-corrected chi connectivity index (χ1v) is 10.7. The van der Waals surface area contributed by atoms with E-state index in [9.17, 15) is 13.2 Å². The van der Waals surface area contributed by atoms with Gasteiger partial charge in [0, 0.05) is 13.1 Å². The number of carbonyl (C=O) groups excluding carboxylic acids is 1. The van der Waals surface area contributed by atoms with Crippen molar-refractivity contribution in [1.29, 1.82) is 5.26 Å². The van der Waals surface area contributed by atoms with Crippen LogP contribution in [0.15, 0.2) is 47.4 Å². The van der Waals surface area contributed by atoms with Crippen molar-refractivity contribution >= 4 is 27.6 Å². The Balaban J connectivity index is 1.76. The van der Waals surface area contributed by atoms with Crippen LogP contribution in [0.5, 0.6) is 0 Å². The second-order valence-electron chi connectivity index (χ2n) is 6.49. The quantitative estimate of drug-likeness (QED) is 0.690. The van der Waals surface area contributed by atoms with Gasteiger partial charge >= 0.3 is 5.97 Å². The highest BCUT2D eigenvalue weighted by Crippen LogP contribution is 2.28. The molecular formula is C20H19ClN2O4S. The number of nitriles is 1. The fraction of sp³-hybridized carbons (Fsp3) is 0.300. The molecule has 28 heavy (non-hydrogen) atoms. The predicted molar refractivity (Wildman–Crippen MR) is 104 cm³/mol. The molecule has 0 atom stereocenters. The lowest BCUT2D eigenvalue weighted by atomic mass is 10.1. The molecule has 0 aromatic heterocycles. The van der Waals surface area contributed by atoms with E-state index < -0.39 is 16.0 Å². The fourth-order valence-electron chi connectivity index (χ4n) is 2.98. The van der Waals surface area contributed by atoms with Gasteiger partial charge in [-0.05, 0) is 48.7 Å². The zero-order chi connectivity index (χ0) is 20.1. The highest BCUT2D eigenvalue weighted by molar-refractivity contribution is 7.89. The first kappa shape index (κ1) is 20.3. The molecule has 0 spiro atoms. The predicted octanol–water partition coefficient (Wildman–Crippen LogP) is 3.74. The van der Waals surface area contributed by atoms with Crippen LogP contribution in [0.2, 0.25) is 5.02 Å². The molecule has 0 unspecified atom stereocenters. The van der Waals surface area contributed by atoms with Crippen molar-refractivity contribution in [1.82, 2.24) is 4.31 Å². The van der Waals surface area contributed by atoms with Gasteiger partial charge in [-0.25, -0.2) is 13.2 Å². The molecule has 1 fully saturated rings. The van der Waals surface area contributed by atoms with Crippen LogP contribution in [0.4, 0.5) is 0 Å². The molecule has 0 bridgehead atoms. The molecule has 0 radical (unpaired) electrons. The Morgan fingerprint density at radius 2 is 1.79 bits per heavy atom. The van der Waals surface area contributed by atoms with E-state index in [1.807, 2.05) is 6.07 Å². The topological polar surface area (TPSA) is 87.5 Å². The smallest absolute Gasteiger partial charge is 0.338 e. The van der Waals surface area contributed by atoms with Gasteiger partial charge in [0.15, 0.2) is 0 Å². The second kappa shape index (κ2) is 8.74. The Hall–Kier alpha value is -2.40. The van der Waals surface area contributed by atoms with Crippen LogP contribution >= 0.6 is 11.6 Å². The van der Waals surface area contributed by atoms with Crippen molar-refractivity contribution in [2.45, 2.75) is 30.8 Å². The number of ether oxygens (including phenoxy) is 1. The molecule has 3 rings (SSSR count). The number of halogens is 1. The summed E-state index contributed by atoms with van der Waals surface area (Å²) < 4.78 is 32.4. The van der Waals surface area contributed by atoms with Gasteiger partial charge in [-0.2, -0.15) is 9.57 Å². The monoisotopic (exact) mass is 418 g/mol. The molecular weight excluding hydrogens is 400 g/mol. The first-order chi connectivity index (χ1) is 13.4. The third-order valence-corrected chi connectivity index (χ3v) is 6.93. The maximum absolute atomic E-state index is 12.9. The standard InChI is InChI=1S/C20H19ClN2O4S/c21-18-9-8-17(12-19(18)28(25,26)23-10-2-1-3-11-23)20(24)27-14-16-6-4-15(13-22)5-7-16/h4-9,12H,1-3,10-11,14H2. The van der Waals surface area contributed by atoms with E-state index >= 15 is 0 Å². The van der Waals surface area contributed by atoms with E-state index in [1.165, 1.54) is 22.5 Å². The fourth-order valence-corrected chi connectivity index (χ4v) is 5.00. The summed E-state index contributed by atoms with van der Waals surface area (Å²) in [5.74, 6) is -0.642. The van der Waals surface area contributed by atoms with Gasteiger partial charge in [-0.3, -0.25) is 0 Å². The van der Waals surface area contributed by atoms with Crippen molar-refractivity contribution in [2.75, 3.05) is 13.1 Å². The Morgan fingerprint density at radius 3 is 2.43 bits per heavy atom. The van der Waals surface area contributed by atoms with E-state index in [1.54, 1.807) is 24.3 Å². The van der Waals surface area contributed by atoms with E-state index in [0.717, 1.165) is 24.8 Å². The van der Waals surface area contributed by atoms with Crippen LogP contribution in [-0.2, 0) is 21.4 Å². The largest absolute Gasteiger partial charge is 0.457 e. The van der Waals surface area contributed by atoms with Crippen LogP contribution in [0.25, 0.3) is 0 Å². The Morgan fingerprint density at radius 1 is 1.11 bits per heavy atom. The average molecular weight is 419 g/mol. The summed E-state index contributed by atoms with van der Waals surface area (Å²) in [5, 5.41) is 8.88. The molecule has 1 aliphatic rings. The van der Waals surface area contributed by atoms with Crippen LogP contribution < -0.4 is 0 Å². The van der Waals surface area contributed by atoms with E-state index in [2.05, 4.69) is 0 Å². The highest BCUT2D eigenvalue weighted by atomic mass is 35.5. The molecule has 2 aromatic carbocycles. The lowest BCUT2D eigenvalue weighted by molar-refractivity contribution is 0.0472. The molecule has 6 nitrogen and oxygen atoms in total. The number of piperidine rings is 1. The van der Waals surface area contributed by atoms with Gasteiger partial charge in [0.1, 0.15) is 11.5 Å². The molecule has 0 amide bonds. The Bertz CT molecular complexity index is 1010. The average Bonchev–Trinajstić information content (AvgIpc) is 2.73. The summed E-state index contributed by atoms with van der Waals surface area (Å²) in [6.07, 6.45) is 2.62. The Kier molecular flexibility index (Phi) is 6.35. The number of esters is 1. The van der Waals surface area contributed by atoms with Crippen LogP contribution in [-0.4, -0.2) is 31.8 Å². The molecule has 0 aliphatic carbocycles. The van der Waals surface area contributed by atoms with E-state index in [-0.39, 0.29) is 22.1 Å². The van der Waals surface area contributed by atoms with E-state index in [4.69, 9.17) is 21.6 Å². The van der Waals surface area contributed by atoms with Gasteiger partial charge in [0.25, 0.3) is 0 Å². The minimum absolute atomic E-state index is 0.0153. The molecule has 1 saturated heterocycles. The molecule has 146 valence electrons. The molecule has 0 N–H and O–H groups in total. The van der Waals surface area contributed by atoms with Crippen molar-refractivity contribution in [3.63, 3.8) is 0 Å². The number of hydrogen-bond donors (Lipinski definition) is 0. The summed E-state index contributed by atoms with van der Waals surface area (Å²) >= 11 is 6.12. The van der Waals surface area contributed by atoms with Crippen LogP contribution in [0.3, 0.4) is 0 Å². The van der Waals surface area contributed by atoms with Crippen molar-refractivity contribution in [2.24, 2.45) is 0 Å². The zero-order valence-corrected chi connectivity index (χ0v) is 16.7. The lowest BCUT2D eigenvalue weighted by Crippen LogP contribution is -2.35. The summed E-state index contributed by atoms with van der Waals surface area (Å²) in [6.45, 7) is 0.916. The summed E-state index contributed by atoms with van der Waals surface area (Å²) in [4.78, 5) is 12.3. The molecule has 8 heteroatoms. The zero-order valence-electron chi connectivity index (χ0n) is 15.1. The number of carbonyl (C=O) groups is 1. The number of benzene rings is 2. The SMILES string of the molecule is N#Cc1ccc(COC(=O)c2ccc(Cl)c(S(=O)(=O)N3CCCCC3)c2)cc1. The van der Waals surface area contributed by atoms with E-state index in [0.29, 0.717) is 18.7 Å². The van der Waals surface area contributed by atoms with Crippen molar-refractivity contribution in [3.8, 4) is 6.07 Å². The third-order valence-electron chi connectivity index (χ3n) is 4.55. The molecule has 1 heterocycles. The summed E-state index contributed by atoms with van der Waals surface area (Å²) in [6, 6.07) is 12.8. The normalized spacial score (nSPS) is 15.0. The Labute approximate surface area is 169 Å². The number of rotatable bonds is 5. The number of hydrogen-bond acceptors (Lipinski definition) is 5. The van der Waals surface area contributed by atoms with Crippen molar-refractivity contribution < 1.29 is 17.9 Å². The highest BCUT2D eigenvalue weighted by Gasteiger charge is 2.29. The summed E-state index contributed by atoms with van der Waals surface area (Å²) in [5.41, 5.74) is 1.36. The van der Waals surface area contributed by atoms with Gasteiger partial charge in [-0.15, -0.1) is 0 Å².